The van der Waals surface area contributed by atoms with E-state index in [1.807, 2.05) is 18.4 Å². The number of carbonyl (C=O) groups excluding carboxylic acids is 1. The summed E-state index contributed by atoms with van der Waals surface area (Å²) in [6, 6.07) is 11.2. The highest BCUT2D eigenvalue weighted by Crippen LogP contribution is 2.32. The Morgan fingerprint density at radius 2 is 1.91 bits per heavy atom. The molecule has 2 aromatic carbocycles. The molecule has 3 rings (SSSR count). The van der Waals surface area contributed by atoms with Gasteiger partial charge in [0.05, 0.1) is 23.4 Å². The average Bonchev–Trinajstić information content (AvgIpc) is 3.32. The van der Waals surface area contributed by atoms with Crippen molar-refractivity contribution in [2.75, 3.05) is 31.4 Å². The first-order chi connectivity index (χ1) is 16.2. The Bertz CT molecular complexity index is 1230. The van der Waals surface area contributed by atoms with Gasteiger partial charge in [-0.1, -0.05) is 6.92 Å². The molecular formula is C23H28N4O5S2. The molecule has 0 aliphatic carbocycles. The Kier molecular flexibility index (Phi) is 8.48. The molecule has 0 spiro atoms. The summed E-state index contributed by atoms with van der Waals surface area (Å²) in [4.78, 5) is 17.1. The maximum absolute atomic E-state index is 12.5. The number of methoxy groups -OCH3 is 1. The molecule has 0 fully saturated rings. The fourth-order valence-corrected chi connectivity index (χ4v) is 4.96. The molecule has 1 aromatic heterocycles. The van der Waals surface area contributed by atoms with E-state index < -0.39 is 10.0 Å². The van der Waals surface area contributed by atoms with Gasteiger partial charge < -0.3 is 20.1 Å². The number of amides is 1. The normalized spacial score (nSPS) is 12.1. The largest absolute Gasteiger partial charge is 0.495 e. The molecule has 1 atom stereocenters. The summed E-state index contributed by atoms with van der Waals surface area (Å²) in [5.74, 6) is 0.490. The Balaban J connectivity index is 1.64. The summed E-state index contributed by atoms with van der Waals surface area (Å²) in [6.07, 6.45) is 0.685. The molecular weight excluding hydrogens is 476 g/mol. The van der Waals surface area contributed by atoms with E-state index in [0.29, 0.717) is 23.6 Å². The van der Waals surface area contributed by atoms with E-state index in [1.165, 1.54) is 42.7 Å². The van der Waals surface area contributed by atoms with Crippen LogP contribution in [0.1, 0.15) is 20.3 Å². The number of hydrogen-bond donors (Lipinski definition) is 3. The maximum Gasteiger partial charge on any atom is 0.262 e. The first-order valence-corrected chi connectivity index (χ1v) is 13.0. The van der Waals surface area contributed by atoms with Crippen LogP contribution < -0.4 is 24.8 Å². The van der Waals surface area contributed by atoms with Gasteiger partial charge in [0.15, 0.2) is 11.7 Å². The number of ether oxygens (including phenoxy) is 2. The zero-order chi connectivity index (χ0) is 24.7. The Morgan fingerprint density at radius 1 is 1.18 bits per heavy atom. The molecule has 0 bridgehead atoms. The molecule has 1 unspecified atom stereocenters. The van der Waals surface area contributed by atoms with Crippen LogP contribution in [0.4, 0.5) is 10.8 Å². The lowest BCUT2D eigenvalue weighted by molar-refractivity contribution is -0.118. The zero-order valence-corrected chi connectivity index (χ0v) is 21.0. The van der Waals surface area contributed by atoms with Crippen molar-refractivity contribution in [3.63, 3.8) is 0 Å². The molecule has 0 aliphatic heterocycles. The molecule has 1 amide bonds. The number of sulfonamides is 1. The summed E-state index contributed by atoms with van der Waals surface area (Å²) >= 11 is 1.48. The van der Waals surface area contributed by atoms with Gasteiger partial charge in [-0.25, -0.2) is 18.1 Å². The highest BCUT2D eigenvalue weighted by Gasteiger charge is 2.17. The van der Waals surface area contributed by atoms with Crippen LogP contribution in [0.2, 0.25) is 0 Å². The van der Waals surface area contributed by atoms with E-state index in [1.54, 1.807) is 26.1 Å². The zero-order valence-electron chi connectivity index (χ0n) is 19.4. The quantitative estimate of drug-likeness (QED) is 0.362. The average molecular weight is 505 g/mol. The van der Waals surface area contributed by atoms with Gasteiger partial charge in [-0.05, 0) is 55.8 Å². The van der Waals surface area contributed by atoms with Gasteiger partial charge in [0, 0.05) is 24.0 Å². The summed E-state index contributed by atoms with van der Waals surface area (Å²) in [5, 5.41) is 8.50. The van der Waals surface area contributed by atoms with E-state index in [4.69, 9.17) is 9.47 Å². The van der Waals surface area contributed by atoms with Crippen molar-refractivity contribution in [2.45, 2.75) is 31.2 Å². The number of carbonyl (C=O) groups is 1. The second kappa shape index (κ2) is 11.3. The van der Waals surface area contributed by atoms with Gasteiger partial charge >= 0.3 is 0 Å². The van der Waals surface area contributed by atoms with Gasteiger partial charge in [0.25, 0.3) is 5.91 Å². The van der Waals surface area contributed by atoms with E-state index in [0.717, 1.165) is 16.4 Å². The van der Waals surface area contributed by atoms with Crippen molar-refractivity contribution in [1.29, 1.82) is 0 Å². The van der Waals surface area contributed by atoms with Gasteiger partial charge in [-0.2, -0.15) is 0 Å². The lowest BCUT2D eigenvalue weighted by Gasteiger charge is -2.13. The Morgan fingerprint density at radius 3 is 2.53 bits per heavy atom. The third-order valence-electron chi connectivity index (χ3n) is 4.96. The van der Waals surface area contributed by atoms with Crippen LogP contribution in [0.5, 0.6) is 11.5 Å². The summed E-state index contributed by atoms with van der Waals surface area (Å²) in [5.41, 5.74) is 2.10. The fourth-order valence-electron chi connectivity index (χ4n) is 2.95. The van der Waals surface area contributed by atoms with Crippen LogP contribution >= 0.6 is 11.3 Å². The molecule has 34 heavy (non-hydrogen) atoms. The maximum atomic E-state index is 12.5. The number of anilines is 2. The molecule has 0 saturated heterocycles. The predicted octanol–water partition coefficient (Wildman–Crippen LogP) is 3.95. The van der Waals surface area contributed by atoms with E-state index in [9.17, 15) is 13.2 Å². The predicted molar refractivity (Wildman–Crippen MR) is 134 cm³/mol. The van der Waals surface area contributed by atoms with Crippen molar-refractivity contribution < 1.29 is 22.7 Å². The topological polar surface area (TPSA) is 119 Å². The highest BCUT2D eigenvalue weighted by atomic mass is 32.2. The van der Waals surface area contributed by atoms with Crippen molar-refractivity contribution in [3.8, 4) is 22.8 Å². The number of nitrogens with zero attached hydrogens (tertiary/aromatic N) is 1. The van der Waals surface area contributed by atoms with Gasteiger partial charge in [0.2, 0.25) is 10.0 Å². The van der Waals surface area contributed by atoms with Gasteiger partial charge in [0.1, 0.15) is 11.5 Å². The molecule has 0 radical (unpaired) electrons. The monoisotopic (exact) mass is 504 g/mol. The molecule has 1 heterocycles. The van der Waals surface area contributed by atoms with Crippen LogP contribution in [0.25, 0.3) is 11.3 Å². The molecule has 11 heteroatoms. The number of hydrogen-bond acceptors (Lipinski definition) is 8. The summed E-state index contributed by atoms with van der Waals surface area (Å²) in [6.45, 7) is 3.44. The molecule has 182 valence electrons. The van der Waals surface area contributed by atoms with Crippen LogP contribution in [-0.2, 0) is 14.8 Å². The van der Waals surface area contributed by atoms with E-state index in [-0.39, 0.29) is 23.5 Å². The second-order valence-corrected chi connectivity index (χ2v) is 10.0. The van der Waals surface area contributed by atoms with E-state index >= 15 is 0 Å². The minimum absolute atomic E-state index is 0.134. The van der Waals surface area contributed by atoms with Crippen molar-refractivity contribution in [2.24, 2.45) is 0 Å². The summed E-state index contributed by atoms with van der Waals surface area (Å²) < 4.78 is 38.2. The molecule has 0 saturated carbocycles. The number of benzene rings is 2. The van der Waals surface area contributed by atoms with Crippen LogP contribution in [-0.4, -0.2) is 46.1 Å². The lowest BCUT2D eigenvalue weighted by atomic mass is 10.1. The van der Waals surface area contributed by atoms with Crippen molar-refractivity contribution >= 4 is 38.1 Å². The molecule has 3 N–H and O–H groups in total. The number of aromatic nitrogens is 1. The first-order valence-electron chi connectivity index (χ1n) is 10.6. The molecule has 3 aromatic rings. The molecule has 0 aliphatic rings. The number of rotatable bonds is 11. The third-order valence-corrected chi connectivity index (χ3v) is 7.43. The van der Waals surface area contributed by atoms with E-state index in [2.05, 4.69) is 20.3 Å². The van der Waals surface area contributed by atoms with Crippen LogP contribution in [0.3, 0.4) is 0 Å². The van der Waals surface area contributed by atoms with Crippen LogP contribution in [0, 0.1) is 0 Å². The third kappa shape index (κ3) is 6.46. The summed E-state index contributed by atoms with van der Waals surface area (Å²) in [7, 11) is -0.276. The van der Waals surface area contributed by atoms with Gasteiger partial charge in [-0.3, -0.25) is 4.79 Å². The number of thiazole rings is 1. The van der Waals surface area contributed by atoms with Crippen LogP contribution in [0.15, 0.2) is 52.7 Å². The lowest BCUT2D eigenvalue weighted by Crippen LogP contribution is -2.31. The number of nitrogens with one attached hydrogen (secondary N) is 3. The van der Waals surface area contributed by atoms with Gasteiger partial charge in [-0.15, -0.1) is 11.3 Å². The second-order valence-electron chi connectivity index (χ2n) is 7.44. The minimum atomic E-state index is -3.60. The fraction of sp³-hybridized carbons (Fsp3) is 0.304. The first kappa shape index (κ1) is 25.5. The smallest absolute Gasteiger partial charge is 0.262 e. The standard InChI is InChI=1S/C23H28N4O5S2/c1-5-15(2)27-34(29,30)18-9-7-17(8-10-18)32-13-22(28)25-19-12-16(6-11-21(19)31-4)20-14-33-23(24-3)26-20/h6-12,14-15,27H,5,13H2,1-4H3,(H,24,26)(H,25,28). The Labute approximate surface area is 203 Å². The SMILES string of the molecule is CCC(C)NS(=O)(=O)c1ccc(OCC(=O)Nc2cc(-c3csc(NC)n3)ccc2OC)cc1. The van der Waals surface area contributed by atoms with Crippen molar-refractivity contribution in [3.05, 3.63) is 47.8 Å². The molecule has 9 nitrogen and oxygen atoms in total. The minimum Gasteiger partial charge on any atom is -0.495 e. The van der Waals surface area contributed by atoms with Crippen molar-refractivity contribution in [1.82, 2.24) is 9.71 Å². The Hall–Kier alpha value is -3.15. The highest BCUT2D eigenvalue weighted by molar-refractivity contribution is 7.89.